The largest absolute Gasteiger partial charge is 0.451 e. The maximum Gasteiger partial charge on any atom is 0.205 e. The third-order valence-electron chi connectivity index (χ3n) is 18.5. The van der Waals surface area contributed by atoms with Crippen LogP contribution in [0.25, 0.3) is 23.3 Å². The van der Waals surface area contributed by atoms with Crippen LogP contribution in [-0.2, 0) is 10.8 Å². The van der Waals surface area contributed by atoms with Crippen molar-refractivity contribution in [3.05, 3.63) is 237 Å². The number of hydrogen-bond acceptors (Lipinski definition) is 4. The van der Waals surface area contributed by atoms with Gasteiger partial charge in [-0.2, -0.15) is 35.1 Å². The molecule has 0 N–H and O–H groups in total. The summed E-state index contributed by atoms with van der Waals surface area (Å²) in [6.45, 7) is 6.38. The summed E-state index contributed by atoms with van der Waals surface area (Å²) in [4.78, 5) is 0. The number of benzene rings is 8. The Morgan fingerprint density at radius 3 is 0.573 bits per heavy atom. The molecule has 0 atom stereocenters. The van der Waals surface area contributed by atoms with Crippen molar-refractivity contribution in [2.45, 2.75) is 152 Å². The topological polar surface area (TPSA) is 36.9 Å². The fraction of sp³-hybridized carbons (Fsp3) is 0.316. The number of ether oxygens (including phenoxy) is 4. The Balaban J connectivity index is 0.915. The van der Waals surface area contributed by atoms with Gasteiger partial charge in [-0.15, -0.1) is 0 Å². The quantitative estimate of drug-likeness (QED) is 0.0757. The highest BCUT2D eigenvalue weighted by Gasteiger charge is 2.39. The molecule has 0 unspecified atom stereocenters. The first-order valence-electron chi connectivity index (χ1n) is 32.0. The van der Waals surface area contributed by atoms with E-state index >= 15 is 35.1 Å². The summed E-state index contributed by atoms with van der Waals surface area (Å²) in [6.07, 6.45) is 19.7. The van der Waals surface area contributed by atoms with E-state index in [0.717, 1.165) is 89.9 Å². The summed E-state index contributed by atoms with van der Waals surface area (Å²) in [5.74, 6) is -40.3. The van der Waals surface area contributed by atoms with E-state index in [9.17, 15) is 35.1 Å². The molecule has 0 heterocycles. The maximum absolute atomic E-state index is 16.2. The minimum absolute atomic E-state index is 0.171. The normalized spacial score (nSPS) is 15.9. The third-order valence-corrected chi connectivity index (χ3v) is 18.5. The van der Waals surface area contributed by atoms with Gasteiger partial charge in [0.2, 0.25) is 69.5 Å². The lowest BCUT2D eigenvalue weighted by Gasteiger charge is -2.36. The van der Waals surface area contributed by atoms with Crippen molar-refractivity contribution < 1.29 is 89.2 Å². The molecule has 0 spiro atoms. The first kappa shape index (κ1) is 70.1. The molecule has 2 aliphatic rings. The van der Waals surface area contributed by atoms with Crippen LogP contribution in [0.1, 0.15) is 175 Å². The van der Waals surface area contributed by atoms with Crippen LogP contribution in [0.5, 0.6) is 46.0 Å². The average molecular weight is 1350 g/mol. The molecule has 0 radical (unpaired) electrons. The Morgan fingerprint density at radius 2 is 0.396 bits per heavy atom. The van der Waals surface area contributed by atoms with Crippen molar-refractivity contribution >= 4 is 12.2 Å². The molecule has 10 rings (SSSR count). The van der Waals surface area contributed by atoms with Gasteiger partial charge in [0.1, 0.15) is 23.0 Å². The zero-order valence-corrected chi connectivity index (χ0v) is 52.0. The molecule has 8 aromatic rings. The number of hydrogen-bond donors (Lipinski definition) is 0. The van der Waals surface area contributed by atoms with Gasteiger partial charge in [0.25, 0.3) is 0 Å². The molecule has 0 bridgehead atoms. The van der Waals surface area contributed by atoms with Crippen molar-refractivity contribution in [1.29, 1.82) is 0 Å². The standard InChI is InChI=1S/C76H66F16O4/c1-3-51-55(77)63(85)71(64(86)56(51)78)93-47-31-23-43(24-32-47)75(39-19-15-11-7-5-8-12-16-20-40-75)45-27-35-49(36-28-45)95-73-67(89)59(81)53(60(82)68(73)90)54-61(83)69(91)74(70(92)62(54)84)96-50-37-29-46(30-38-50)76(41-21-17-13-9-6-10-14-18-22-42-76)44-25-33-48(34-26-44)94-72-65(87)57(79)52(4-2)58(80)66(72)88/h3-4,23-38H,1-2,5-22,39-42H2. The summed E-state index contributed by atoms with van der Waals surface area (Å²) in [6, 6.07) is 23.1. The molecule has 20 heteroatoms. The van der Waals surface area contributed by atoms with Crippen molar-refractivity contribution in [3.8, 4) is 57.1 Å². The highest BCUT2D eigenvalue weighted by Crippen LogP contribution is 2.49. The molecular weight excluding hydrogens is 1280 g/mol. The van der Waals surface area contributed by atoms with Crippen molar-refractivity contribution in [2.24, 2.45) is 0 Å². The lowest BCUT2D eigenvalue weighted by molar-refractivity contribution is 0.359. The zero-order chi connectivity index (χ0) is 68.6. The molecule has 2 aliphatic carbocycles. The number of halogens is 16. The summed E-state index contributed by atoms with van der Waals surface area (Å²) in [5, 5.41) is 0. The van der Waals surface area contributed by atoms with Crippen LogP contribution in [0.15, 0.2) is 110 Å². The average Bonchev–Trinajstić information content (AvgIpc) is 0.752. The first-order valence-corrected chi connectivity index (χ1v) is 32.0. The van der Waals surface area contributed by atoms with Crippen LogP contribution in [-0.4, -0.2) is 0 Å². The summed E-state index contributed by atoms with van der Waals surface area (Å²) < 4.78 is 269. The lowest BCUT2D eigenvalue weighted by Crippen LogP contribution is -2.28. The lowest BCUT2D eigenvalue weighted by atomic mass is 9.67. The van der Waals surface area contributed by atoms with Crippen LogP contribution in [0.3, 0.4) is 0 Å². The van der Waals surface area contributed by atoms with Crippen LogP contribution in [0.2, 0.25) is 0 Å². The molecular formula is C76H66F16O4. The van der Waals surface area contributed by atoms with E-state index < -0.39 is 149 Å². The van der Waals surface area contributed by atoms with E-state index in [0.29, 0.717) is 85.8 Å². The second-order valence-corrected chi connectivity index (χ2v) is 24.4. The zero-order valence-electron chi connectivity index (χ0n) is 52.0. The molecule has 0 saturated heterocycles. The molecule has 0 aliphatic heterocycles. The van der Waals surface area contributed by atoms with Gasteiger partial charge in [-0.3, -0.25) is 0 Å². The van der Waals surface area contributed by atoms with Gasteiger partial charge in [-0.1, -0.05) is 189 Å². The predicted octanol–water partition coefficient (Wildman–Crippen LogP) is 25.2. The van der Waals surface area contributed by atoms with Gasteiger partial charge in [-0.05, 0) is 96.5 Å². The highest BCUT2D eigenvalue weighted by atomic mass is 19.2. The van der Waals surface area contributed by atoms with Gasteiger partial charge in [0.05, 0.1) is 22.3 Å². The Kier molecular flexibility index (Phi) is 22.3. The van der Waals surface area contributed by atoms with Crippen molar-refractivity contribution in [1.82, 2.24) is 0 Å². The van der Waals surface area contributed by atoms with E-state index in [-0.39, 0.29) is 23.0 Å². The molecule has 2 saturated carbocycles. The van der Waals surface area contributed by atoms with E-state index in [1.807, 2.05) is 0 Å². The molecule has 4 nitrogen and oxygen atoms in total. The molecule has 96 heavy (non-hydrogen) atoms. The first-order chi connectivity index (χ1) is 46.2. The fourth-order valence-corrected chi connectivity index (χ4v) is 13.4. The van der Waals surface area contributed by atoms with E-state index in [1.165, 1.54) is 48.5 Å². The van der Waals surface area contributed by atoms with Gasteiger partial charge in [0, 0.05) is 10.8 Å². The van der Waals surface area contributed by atoms with Crippen LogP contribution in [0, 0.1) is 93.1 Å². The van der Waals surface area contributed by atoms with Crippen LogP contribution in [0.4, 0.5) is 70.2 Å². The maximum atomic E-state index is 16.2. The smallest absolute Gasteiger partial charge is 0.205 e. The summed E-state index contributed by atoms with van der Waals surface area (Å²) in [7, 11) is 0. The minimum Gasteiger partial charge on any atom is -0.451 e. The Morgan fingerprint density at radius 1 is 0.229 bits per heavy atom. The Labute approximate surface area is 545 Å². The van der Waals surface area contributed by atoms with E-state index in [1.54, 1.807) is 48.5 Å². The Bertz CT molecular complexity index is 3730. The molecule has 8 aromatic carbocycles. The summed E-state index contributed by atoms with van der Waals surface area (Å²) in [5.41, 5.74) is -5.36. The second kappa shape index (κ2) is 30.6. The minimum atomic E-state index is -2.48. The molecule has 0 amide bonds. The predicted molar refractivity (Wildman–Crippen MR) is 333 cm³/mol. The molecule has 0 aromatic heterocycles. The van der Waals surface area contributed by atoms with Crippen LogP contribution < -0.4 is 18.9 Å². The van der Waals surface area contributed by atoms with E-state index in [4.69, 9.17) is 18.9 Å². The highest BCUT2D eigenvalue weighted by molar-refractivity contribution is 5.70. The van der Waals surface area contributed by atoms with Gasteiger partial charge < -0.3 is 18.9 Å². The number of rotatable bonds is 15. The monoisotopic (exact) mass is 1350 g/mol. The van der Waals surface area contributed by atoms with Gasteiger partial charge >= 0.3 is 0 Å². The molecule has 506 valence electrons. The van der Waals surface area contributed by atoms with Crippen molar-refractivity contribution in [2.75, 3.05) is 0 Å². The second-order valence-electron chi connectivity index (χ2n) is 24.4. The van der Waals surface area contributed by atoms with Gasteiger partial charge in [-0.25, -0.2) is 35.1 Å². The van der Waals surface area contributed by atoms with Gasteiger partial charge in [0.15, 0.2) is 46.5 Å². The SMILES string of the molecule is C=Cc1c(F)c(F)c(Oc2ccc(C3(c4ccc(Oc5c(F)c(F)c(-c6c(F)c(F)c(Oc7ccc(C8(c9ccc(Oc%10c(F)c(F)c(C=C)c(F)c%10F)cc9)CCCCCCCCCCC8)cc7)c(F)c6F)c(F)c5F)cc4)CCCCCCCCCCC3)cc2)c(F)c1F. The fourth-order valence-electron chi connectivity index (χ4n) is 13.4. The van der Waals surface area contributed by atoms with E-state index in [2.05, 4.69) is 13.2 Å². The van der Waals surface area contributed by atoms with Crippen LogP contribution >= 0.6 is 0 Å². The molecule has 2 fully saturated rings. The third kappa shape index (κ3) is 14.1. The Hall–Kier alpha value is -8.68. The summed E-state index contributed by atoms with van der Waals surface area (Å²) >= 11 is 0. The van der Waals surface area contributed by atoms with Crippen molar-refractivity contribution in [3.63, 3.8) is 0 Å².